The third-order valence-corrected chi connectivity index (χ3v) is 6.18. The highest BCUT2D eigenvalue weighted by Gasteiger charge is 2.21. The lowest BCUT2D eigenvalue weighted by molar-refractivity contribution is 0.115. The Hall–Kier alpha value is -1.64. The van der Waals surface area contributed by atoms with Gasteiger partial charge in [-0.1, -0.05) is 12.1 Å². The first-order valence-electron chi connectivity index (χ1n) is 8.85. The maximum absolute atomic E-state index is 12.1. The topological polar surface area (TPSA) is 74.2 Å². The maximum atomic E-state index is 12.1. The number of sulfonamides is 1. The zero-order chi connectivity index (χ0) is 19.2. The van der Waals surface area contributed by atoms with Crippen LogP contribution in [0.4, 0.5) is 0 Å². The summed E-state index contributed by atoms with van der Waals surface area (Å²) < 4.78 is 31.1. The van der Waals surface area contributed by atoms with Gasteiger partial charge in [0, 0.05) is 47.9 Å². The predicted molar refractivity (Wildman–Crippen MR) is 104 cm³/mol. The number of benzene rings is 1. The molecule has 7 nitrogen and oxygen atoms in total. The highest BCUT2D eigenvalue weighted by atomic mass is 32.2. The van der Waals surface area contributed by atoms with Crippen molar-refractivity contribution in [2.24, 2.45) is 10.9 Å². The van der Waals surface area contributed by atoms with Crippen molar-refractivity contribution in [3.63, 3.8) is 0 Å². The summed E-state index contributed by atoms with van der Waals surface area (Å²) in [7, 11) is 3.38. The van der Waals surface area contributed by atoms with Gasteiger partial charge in [0.15, 0.2) is 5.96 Å². The highest BCUT2D eigenvalue weighted by molar-refractivity contribution is 7.89. The molecular weight excluding hydrogens is 352 g/mol. The lowest BCUT2D eigenvalue weighted by Gasteiger charge is -2.22. The van der Waals surface area contributed by atoms with Crippen LogP contribution in [0.5, 0.6) is 0 Å². The van der Waals surface area contributed by atoms with Crippen LogP contribution < -0.4 is 5.32 Å². The molecule has 1 aliphatic carbocycles. The van der Waals surface area contributed by atoms with Crippen molar-refractivity contribution in [2.75, 3.05) is 47.9 Å². The van der Waals surface area contributed by atoms with E-state index in [1.54, 1.807) is 19.2 Å². The van der Waals surface area contributed by atoms with E-state index in [2.05, 4.69) is 10.3 Å². The Kier molecular flexibility index (Phi) is 7.43. The van der Waals surface area contributed by atoms with Crippen LogP contribution in [-0.4, -0.2) is 71.5 Å². The fourth-order valence-electron chi connectivity index (χ4n) is 2.40. The molecule has 0 amide bonds. The van der Waals surface area contributed by atoms with Crippen LogP contribution in [0.3, 0.4) is 0 Å². The predicted octanol–water partition coefficient (Wildman–Crippen LogP) is 1.37. The Labute approximate surface area is 157 Å². The van der Waals surface area contributed by atoms with E-state index in [9.17, 15) is 8.42 Å². The highest BCUT2D eigenvalue weighted by Crippen LogP contribution is 2.28. The number of ether oxygens (including phenoxy) is 1. The molecule has 0 bridgehead atoms. The van der Waals surface area contributed by atoms with E-state index in [-0.39, 0.29) is 0 Å². The van der Waals surface area contributed by atoms with Crippen molar-refractivity contribution in [3.05, 3.63) is 29.8 Å². The normalized spacial score (nSPS) is 15.3. The summed E-state index contributed by atoms with van der Waals surface area (Å²) in [6, 6.07) is 6.89. The molecule has 1 N–H and O–H groups in total. The second-order valence-electron chi connectivity index (χ2n) is 6.77. The second-order valence-corrected chi connectivity index (χ2v) is 8.92. The zero-order valence-electron chi connectivity index (χ0n) is 16.1. The molecule has 0 aliphatic heterocycles. The van der Waals surface area contributed by atoms with Crippen molar-refractivity contribution < 1.29 is 13.2 Å². The van der Waals surface area contributed by atoms with E-state index < -0.39 is 10.0 Å². The fourth-order valence-corrected chi connectivity index (χ4v) is 3.30. The second kappa shape index (κ2) is 9.34. The first kappa shape index (κ1) is 20.7. The minimum Gasteiger partial charge on any atom is -0.379 e. The smallest absolute Gasteiger partial charge is 0.242 e. The van der Waals surface area contributed by atoms with Gasteiger partial charge in [0.05, 0.1) is 11.5 Å². The number of guanidine groups is 1. The van der Waals surface area contributed by atoms with Crippen LogP contribution in [0.2, 0.25) is 0 Å². The molecule has 0 unspecified atom stereocenters. The molecule has 0 saturated heterocycles. The summed E-state index contributed by atoms with van der Waals surface area (Å²) in [6.45, 7) is 2.89. The number of nitrogens with zero attached hydrogens (tertiary/aromatic N) is 3. The lowest BCUT2D eigenvalue weighted by Crippen LogP contribution is -2.40. The monoisotopic (exact) mass is 382 g/mol. The van der Waals surface area contributed by atoms with Gasteiger partial charge in [-0.05, 0) is 36.5 Å². The Balaban J connectivity index is 1.81. The van der Waals surface area contributed by atoms with Gasteiger partial charge in [-0.3, -0.25) is 4.99 Å². The zero-order valence-corrected chi connectivity index (χ0v) is 16.9. The molecule has 26 heavy (non-hydrogen) atoms. The van der Waals surface area contributed by atoms with E-state index >= 15 is 0 Å². The van der Waals surface area contributed by atoms with Crippen molar-refractivity contribution in [1.82, 2.24) is 14.5 Å². The van der Waals surface area contributed by atoms with Crippen molar-refractivity contribution >= 4 is 16.0 Å². The van der Waals surface area contributed by atoms with Crippen molar-refractivity contribution in [3.8, 4) is 0 Å². The van der Waals surface area contributed by atoms with Crippen LogP contribution in [0.1, 0.15) is 18.4 Å². The first-order chi connectivity index (χ1) is 12.3. The van der Waals surface area contributed by atoms with Gasteiger partial charge in [0.1, 0.15) is 0 Å². The van der Waals surface area contributed by atoms with Crippen LogP contribution in [-0.2, 0) is 21.3 Å². The molecule has 2 rings (SSSR count). The number of nitrogens with one attached hydrogen (secondary N) is 1. The van der Waals surface area contributed by atoms with Gasteiger partial charge in [-0.2, -0.15) is 0 Å². The number of likely N-dealkylation sites (N-methyl/N-ethyl adjacent to an activating group) is 1. The van der Waals surface area contributed by atoms with Gasteiger partial charge >= 0.3 is 0 Å². The van der Waals surface area contributed by atoms with E-state index in [0.29, 0.717) is 18.0 Å². The number of hydrogen-bond acceptors (Lipinski definition) is 4. The molecule has 1 aromatic rings. The van der Waals surface area contributed by atoms with Crippen LogP contribution >= 0.6 is 0 Å². The van der Waals surface area contributed by atoms with E-state index in [0.717, 1.165) is 30.6 Å². The summed E-state index contributed by atoms with van der Waals surface area (Å²) in [4.78, 5) is 6.60. The summed E-state index contributed by atoms with van der Waals surface area (Å²) in [6.07, 6.45) is 2.60. The van der Waals surface area contributed by atoms with Crippen LogP contribution in [0.15, 0.2) is 34.2 Å². The Morgan fingerprint density at radius 2 is 1.88 bits per heavy atom. The minimum absolute atomic E-state index is 0.292. The van der Waals surface area contributed by atoms with E-state index in [1.165, 1.54) is 31.2 Å². The summed E-state index contributed by atoms with van der Waals surface area (Å²) in [5.74, 6) is 1.56. The van der Waals surface area contributed by atoms with Crippen LogP contribution in [0, 0.1) is 5.92 Å². The molecule has 1 aromatic carbocycles. The molecular formula is C18H30N4O3S. The van der Waals surface area contributed by atoms with E-state index in [1.807, 2.05) is 24.1 Å². The standard InChI is InChI=1S/C18H30N4O3S/c1-19-18(22(4)11-12-25-14-16-5-6-16)20-13-15-7-9-17(10-8-15)26(23,24)21(2)3/h7-10,16H,5-6,11-14H2,1-4H3,(H,19,20). The fraction of sp³-hybridized carbons (Fsp3) is 0.611. The number of aliphatic imine (C=N–C) groups is 1. The average Bonchev–Trinajstić information content (AvgIpc) is 3.44. The van der Waals surface area contributed by atoms with Gasteiger partial charge < -0.3 is 15.0 Å². The number of hydrogen-bond donors (Lipinski definition) is 1. The third kappa shape index (κ3) is 5.96. The largest absolute Gasteiger partial charge is 0.379 e. The molecule has 8 heteroatoms. The average molecular weight is 383 g/mol. The lowest BCUT2D eigenvalue weighted by atomic mass is 10.2. The Morgan fingerprint density at radius 1 is 1.23 bits per heavy atom. The van der Waals surface area contributed by atoms with Gasteiger partial charge in [-0.15, -0.1) is 0 Å². The summed E-state index contributed by atoms with van der Waals surface area (Å²) in [5.41, 5.74) is 0.988. The van der Waals surface area contributed by atoms with Gasteiger partial charge in [0.2, 0.25) is 10.0 Å². The molecule has 0 aromatic heterocycles. The summed E-state index contributed by atoms with van der Waals surface area (Å²) >= 11 is 0. The quantitative estimate of drug-likeness (QED) is 0.397. The van der Waals surface area contributed by atoms with E-state index in [4.69, 9.17) is 4.74 Å². The maximum Gasteiger partial charge on any atom is 0.242 e. The molecule has 1 fully saturated rings. The molecule has 0 atom stereocenters. The molecule has 0 radical (unpaired) electrons. The van der Waals surface area contributed by atoms with Crippen LogP contribution in [0.25, 0.3) is 0 Å². The van der Waals surface area contributed by atoms with Gasteiger partial charge in [-0.25, -0.2) is 12.7 Å². The molecule has 1 aliphatic rings. The molecule has 146 valence electrons. The first-order valence-corrected chi connectivity index (χ1v) is 10.3. The van der Waals surface area contributed by atoms with Crippen molar-refractivity contribution in [2.45, 2.75) is 24.3 Å². The number of rotatable bonds is 9. The molecule has 1 saturated carbocycles. The molecule has 0 heterocycles. The third-order valence-electron chi connectivity index (χ3n) is 4.35. The SMILES string of the molecule is CN=C(NCc1ccc(S(=O)(=O)N(C)C)cc1)N(C)CCOCC1CC1. The van der Waals surface area contributed by atoms with Crippen molar-refractivity contribution in [1.29, 1.82) is 0 Å². The Morgan fingerprint density at radius 3 is 2.42 bits per heavy atom. The van der Waals surface area contributed by atoms with Gasteiger partial charge in [0.25, 0.3) is 0 Å². The molecule has 0 spiro atoms. The Bertz CT molecular complexity index is 698. The minimum atomic E-state index is -3.39. The summed E-state index contributed by atoms with van der Waals surface area (Å²) in [5, 5.41) is 3.29.